The molecule has 0 fully saturated rings. The van der Waals surface area contributed by atoms with Gasteiger partial charge >= 0.3 is 0 Å². The molecule has 2 rings (SSSR count). The van der Waals surface area contributed by atoms with Crippen LogP contribution in [0.25, 0.3) is 0 Å². The first-order valence-electron chi connectivity index (χ1n) is 4.42. The van der Waals surface area contributed by atoms with Crippen molar-refractivity contribution in [1.29, 1.82) is 0 Å². The second-order valence-corrected chi connectivity index (χ2v) is 2.89. The van der Waals surface area contributed by atoms with Crippen molar-refractivity contribution >= 4 is 17.5 Å². The van der Waals surface area contributed by atoms with E-state index in [1.807, 2.05) is 0 Å². The van der Waals surface area contributed by atoms with E-state index in [9.17, 15) is 4.79 Å². The van der Waals surface area contributed by atoms with E-state index < -0.39 is 5.91 Å². The molecule has 7 heteroatoms. The predicted octanol–water partition coefficient (Wildman–Crippen LogP) is 0.101. The van der Waals surface area contributed by atoms with Gasteiger partial charge in [-0.05, 0) is 12.1 Å². The lowest BCUT2D eigenvalue weighted by molar-refractivity contribution is 0.102. The molecule has 0 spiro atoms. The van der Waals surface area contributed by atoms with Gasteiger partial charge in [0.2, 0.25) is 0 Å². The molecule has 2 heterocycles. The Labute approximate surface area is 90.8 Å². The zero-order valence-electron chi connectivity index (χ0n) is 8.16. The van der Waals surface area contributed by atoms with Gasteiger partial charge in [0.05, 0.1) is 12.4 Å². The number of nitrogens with zero attached hydrogens (tertiary/aromatic N) is 4. The van der Waals surface area contributed by atoms with Crippen LogP contribution in [0.2, 0.25) is 0 Å². The van der Waals surface area contributed by atoms with Crippen molar-refractivity contribution in [2.75, 3.05) is 11.1 Å². The van der Waals surface area contributed by atoms with Gasteiger partial charge < -0.3 is 11.1 Å². The molecule has 0 aliphatic carbocycles. The molecule has 0 aromatic carbocycles. The standard InChI is InChI=1S/C9H8N6O/c10-7-5-11-4-6(13-7)9(16)14-8-2-1-3-12-15-8/h1-5H,(H2,10,13)(H,14,15,16). The number of nitrogens with two attached hydrogens (primary N) is 1. The molecule has 3 N–H and O–H groups in total. The van der Waals surface area contributed by atoms with E-state index >= 15 is 0 Å². The van der Waals surface area contributed by atoms with Gasteiger partial charge in [-0.3, -0.25) is 9.78 Å². The number of rotatable bonds is 2. The van der Waals surface area contributed by atoms with Gasteiger partial charge in [0.1, 0.15) is 11.5 Å². The van der Waals surface area contributed by atoms with Crippen LogP contribution < -0.4 is 11.1 Å². The summed E-state index contributed by atoms with van der Waals surface area (Å²) in [5.74, 6) is 0.101. The van der Waals surface area contributed by atoms with Crippen LogP contribution in [-0.4, -0.2) is 26.1 Å². The fraction of sp³-hybridized carbons (Fsp3) is 0. The number of hydrogen-bond donors (Lipinski definition) is 2. The van der Waals surface area contributed by atoms with Crippen LogP contribution in [0.1, 0.15) is 10.5 Å². The van der Waals surface area contributed by atoms with E-state index in [1.54, 1.807) is 12.1 Å². The van der Waals surface area contributed by atoms with Gasteiger partial charge in [0.15, 0.2) is 5.82 Å². The van der Waals surface area contributed by atoms with Gasteiger partial charge in [-0.25, -0.2) is 4.98 Å². The summed E-state index contributed by atoms with van der Waals surface area (Å²) in [6.45, 7) is 0. The number of carbonyl (C=O) groups excluding carboxylic acids is 1. The minimum Gasteiger partial charge on any atom is -0.382 e. The third-order valence-corrected chi connectivity index (χ3v) is 1.70. The lowest BCUT2D eigenvalue weighted by Crippen LogP contribution is -2.15. The highest BCUT2D eigenvalue weighted by Crippen LogP contribution is 2.03. The molecule has 0 bridgehead atoms. The fourth-order valence-corrected chi connectivity index (χ4v) is 1.04. The maximum Gasteiger partial charge on any atom is 0.277 e. The fourth-order valence-electron chi connectivity index (χ4n) is 1.04. The van der Waals surface area contributed by atoms with Gasteiger partial charge in [-0.1, -0.05) is 0 Å². The second kappa shape index (κ2) is 4.30. The topological polar surface area (TPSA) is 107 Å². The van der Waals surface area contributed by atoms with Crippen LogP contribution in [0, 0.1) is 0 Å². The van der Waals surface area contributed by atoms with Gasteiger partial charge in [-0.2, -0.15) is 5.10 Å². The summed E-state index contributed by atoms with van der Waals surface area (Å²) in [6, 6.07) is 3.28. The molecule has 0 saturated carbocycles. The maximum absolute atomic E-state index is 11.6. The normalized spacial score (nSPS) is 9.75. The number of anilines is 2. The Hall–Kier alpha value is -2.57. The average Bonchev–Trinajstić information content (AvgIpc) is 2.30. The molecular formula is C9H8N6O. The van der Waals surface area contributed by atoms with Crippen LogP contribution >= 0.6 is 0 Å². The second-order valence-electron chi connectivity index (χ2n) is 2.89. The highest BCUT2D eigenvalue weighted by atomic mass is 16.2. The predicted molar refractivity (Wildman–Crippen MR) is 56.4 cm³/mol. The van der Waals surface area contributed by atoms with Crippen LogP contribution in [0.3, 0.4) is 0 Å². The number of nitrogen functional groups attached to an aromatic ring is 1. The van der Waals surface area contributed by atoms with E-state index in [0.29, 0.717) is 5.82 Å². The summed E-state index contributed by atoms with van der Waals surface area (Å²) in [5, 5.41) is 9.84. The van der Waals surface area contributed by atoms with Gasteiger partial charge in [-0.15, -0.1) is 5.10 Å². The number of carbonyl (C=O) groups is 1. The molecule has 0 atom stereocenters. The van der Waals surface area contributed by atoms with Crippen molar-refractivity contribution in [2.24, 2.45) is 0 Å². The smallest absolute Gasteiger partial charge is 0.277 e. The molecule has 16 heavy (non-hydrogen) atoms. The zero-order chi connectivity index (χ0) is 11.4. The molecule has 2 aromatic rings. The summed E-state index contributed by atoms with van der Waals surface area (Å²) in [4.78, 5) is 19.2. The minimum absolute atomic E-state index is 0.130. The SMILES string of the molecule is Nc1cncc(C(=O)Nc2cccnn2)n1. The van der Waals surface area contributed by atoms with Crippen LogP contribution in [0.4, 0.5) is 11.6 Å². The Morgan fingerprint density at radius 3 is 2.94 bits per heavy atom. The van der Waals surface area contributed by atoms with E-state index in [1.165, 1.54) is 18.6 Å². The molecule has 0 saturated heterocycles. The highest BCUT2D eigenvalue weighted by molar-refractivity contribution is 6.02. The minimum atomic E-state index is -0.430. The monoisotopic (exact) mass is 216 g/mol. The molecule has 0 aliphatic heterocycles. The zero-order valence-corrected chi connectivity index (χ0v) is 8.16. The molecule has 80 valence electrons. The van der Waals surface area contributed by atoms with Gasteiger partial charge in [0, 0.05) is 6.20 Å². The van der Waals surface area contributed by atoms with Crippen LogP contribution in [0.5, 0.6) is 0 Å². The Balaban J connectivity index is 2.15. The van der Waals surface area contributed by atoms with Crippen molar-refractivity contribution in [2.45, 2.75) is 0 Å². The number of aromatic nitrogens is 4. The maximum atomic E-state index is 11.6. The van der Waals surface area contributed by atoms with Crippen molar-refractivity contribution < 1.29 is 4.79 Å². The van der Waals surface area contributed by atoms with Gasteiger partial charge in [0.25, 0.3) is 5.91 Å². The molecule has 7 nitrogen and oxygen atoms in total. The van der Waals surface area contributed by atoms with Crippen molar-refractivity contribution in [3.63, 3.8) is 0 Å². The third-order valence-electron chi connectivity index (χ3n) is 1.70. The van der Waals surface area contributed by atoms with Crippen LogP contribution in [-0.2, 0) is 0 Å². The highest BCUT2D eigenvalue weighted by Gasteiger charge is 2.08. The van der Waals surface area contributed by atoms with Crippen molar-refractivity contribution in [3.8, 4) is 0 Å². The summed E-state index contributed by atoms with van der Waals surface area (Å²) in [5.41, 5.74) is 5.54. The Bertz CT molecular complexity index is 500. The van der Waals surface area contributed by atoms with Crippen LogP contribution in [0.15, 0.2) is 30.7 Å². The molecular weight excluding hydrogens is 208 g/mol. The summed E-state index contributed by atoms with van der Waals surface area (Å²) >= 11 is 0. The van der Waals surface area contributed by atoms with E-state index in [2.05, 4.69) is 25.5 Å². The molecule has 1 amide bonds. The number of amides is 1. The number of nitrogens with one attached hydrogen (secondary N) is 1. The lowest BCUT2D eigenvalue weighted by atomic mass is 10.4. The average molecular weight is 216 g/mol. The number of hydrogen-bond acceptors (Lipinski definition) is 6. The van der Waals surface area contributed by atoms with E-state index in [4.69, 9.17) is 5.73 Å². The Morgan fingerprint density at radius 2 is 2.25 bits per heavy atom. The third kappa shape index (κ3) is 2.27. The van der Waals surface area contributed by atoms with Crippen molar-refractivity contribution in [1.82, 2.24) is 20.2 Å². The Kier molecular flexibility index (Phi) is 2.68. The summed E-state index contributed by atoms with van der Waals surface area (Å²) in [6.07, 6.45) is 4.19. The van der Waals surface area contributed by atoms with E-state index in [-0.39, 0.29) is 11.5 Å². The largest absolute Gasteiger partial charge is 0.382 e. The molecule has 0 radical (unpaired) electrons. The molecule has 0 unspecified atom stereocenters. The quantitative estimate of drug-likeness (QED) is 0.737. The first-order chi connectivity index (χ1) is 7.75. The lowest BCUT2D eigenvalue weighted by Gasteiger charge is -2.02. The van der Waals surface area contributed by atoms with Crippen molar-refractivity contribution in [3.05, 3.63) is 36.4 Å². The first kappa shape index (κ1) is 9.97. The summed E-state index contributed by atoms with van der Waals surface area (Å²) in [7, 11) is 0. The summed E-state index contributed by atoms with van der Waals surface area (Å²) < 4.78 is 0. The first-order valence-corrected chi connectivity index (χ1v) is 4.42. The van der Waals surface area contributed by atoms with E-state index in [0.717, 1.165) is 0 Å². The molecule has 0 aliphatic rings. The molecule has 2 aromatic heterocycles. The Morgan fingerprint density at radius 1 is 1.38 bits per heavy atom.